The lowest BCUT2D eigenvalue weighted by molar-refractivity contribution is 0.00676. The van der Waals surface area contributed by atoms with E-state index in [-0.39, 0.29) is 17.7 Å². The minimum absolute atomic E-state index is 0.212. The maximum Gasteiger partial charge on any atom is 0.338 e. The molecule has 0 bridgehead atoms. The van der Waals surface area contributed by atoms with Gasteiger partial charge in [0.2, 0.25) is 0 Å². The molecule has 1 aromatic carbocycles. The van der Waals surface area contributed by atoms with Gasteiger partial charge in [-0.1, -0.05) is 6.58 Å². The van der Waals surface area contributed by atoms with E-state index in [0.29, 0.717) is 18.1 Å². The number of carbonyl (C=O) groups excluding carboxylic acids is 2. The summed E-state index contributed by atoms with van der Waals surface area (Å²) in [5, 5.41) is 0. The molecule has 0 N–H and O–H groups in total. The van der Waals surface area contributed by atoms with Crippen molar-refractivity contribution in [3.63, 3.8) is 0 Å². The zero-order valence-corrected chi connectivity index (χ0v) is 19.6. The van der Waals surface area contributed by atoms with Crippen molar-refractivity contribution in [1.82, 2.24) is 0 Å². The Kier molecular flexibility index (Phi) is 9.56. The average Bonchev–Trinajstić information content (AvgIpc) is 2.64. The fourth-order valence-electron chi connectivity index (χ4n) is 2.28. The average molecular weight is 431 g/mol. The molecule has 0 atom stereocenters. The molecule has 0 aliphatic rings. The largest absolute Gasteiger partial charge is 0.490 e. The summed E-state index contributed by atoms with van der Waals surface area (Å²) >= 11 is 0. The number of carbonyl (C=O) groups is 2. The molecule has 6 nitrogen and oxygen atoms in total. The Morgan fingerprint density at radius 2 is 1.35 bits per heavy atom. The Morgan fingerprint density at radius 1 is 0.871 bits per heavy atom. The number of hydrogen-bond acceptors (Lipinski definition) is 6. The summed E-state index contributed by atoms with van der Waals surface area (Å²) in [7, 11) is 0. The molecule has 170 valence electrons. The number of ether oxygens (including phenoxy) is 4. The van der Waals surface area contributed by atoms with Crippen LogP contribution in [-0.4, -0.2) is 36.4 Å². The zero-order valence-electron chi connectivity index (χ0n) is 19.6. The highest BCUT2D eigenvalue weighted by Gasteiger charge is 2.23. The van der Waals surface area contributed by atoms with E-state index in [1.165, 1.54) is 6.07 Å². The molecule has 6 heteroatoms. The smallest absolute Gasteiger partial charge is 0.338 e. The van der Waals surface area contributed by atoms with Crippen molar-refractivity contribution in [2.45, 2.75) is 59.7 Å². The molecule has 1 rings (SSSR count). The van der Waals surface area contributed by atoms with Gasteiger partial charge in [-0.2, -0.15) is 0 Å². The van der Waals surface area contributed by atoms with Gasteiger partial charge in [0, 0.05) is 0 Å². The SMILES string of the molecule is C=C/C(=C\C)OC/C=C\COc1cc(C(=O)OC(C)(C)C)cc(C(=O)OC(C)(C)C)c1. The summed E-state index contributed by atoms with van der Waals surface area (Å²) in [6.07, 6.45) is 7.03. The van der Waals surface area contributed by atoms with E-state index in [1.807, 2.05) is 13.0 Å². The molecule has 0 saturated heterocycles. The summed E-state index contributed by atoms with van der Waals surface area (Å²) < 4.78 is 22.0. The Bertz CT molecular complexity index is 788. The van der Waals surface area contributed by atoms with Crippen LogP contribution in [0.5, 0.6) is 5.75 Å². The third-order valence-electron chi connectivity index (χ3n) is 3.52. The van der Waals surface area contributed by atoms with Crippen molar-refractivity contribution < 1.29 is 28.5 Å². The first-order valence-electron chi connectivity index (χ1n) is 10.2. The van der Waals surface area contributed by atoms with Crippen LogP contribution in [0.2, 0.25) is 0 Å². The minimum atomic E-state index is -0.667. The van der Waals surface area contributed by atoms with Crippen LogP contribution in [0.25, 0.3) is 0 Å². The second-order valence-corrected chi connectivity index (χ2v) is 8.74. The molecule has 31 heavy (non-hydrogen) atoms. The Labute approximate surface area is 185 Å². The summed E-state index contributed by atoms with van der Waals surface area (Å²) in [5.74, 6) is -0.0438. The first-order valence-corrected chi connectivity index (χ1v) is 10.2. The standard InChI is InChI=1S/C25H34O6/c1-9-20(10-2)28-13-11-12-14-29-21-16-18(22(26)30-24(3,4)5)15-19(17-21)23(27)31-25(6,7)8/h9-12,15-17H,1,13-14H2,2-8H3/b12-11-,20-10+. The second-order valence-electron chi connectivity index (χ2n) is 8.74. The molecule has 1 aromatic rings. The van der Waals surface area contributed by atoms with Crippen LogP contribution in [0.4, 0.5) is 0 Å². The quantitative estimate of drug-likeness (QED) is 0.219. The summed E-state index contributed by atoms with van der Waals surface area (Å²) in [6.45, 7) is 16.8. The molecule has 0 spiro atoms. The van der Waals surface area contributed by atoms with Gasteiger partial charge in [0.05, 0.1) is 11.1 Å². The van der Waals surface area contributed by atoms with Gasteiger partial charge >= 0.3 is 11.9 Å². The molecule has 0 aliphatic carbocycles. The van der Waals surface area contributed by atoms with Crippen LogP contribution < -0.4 is 4.74 Å². The predicted octanol–water partition coefficient (Wildman–Crippen LogP) is 5.64. The third-order valence-corrected chi connectivity index (χ3v) is 3.52. The molecule has 0 amide bonds. The van der Waals surface area contributed by atoms with E-state index < -0.39 is 23.1 Å². The maximum absolute atomic E-state index is 12.5. The number of hydrogen-bond donors (Lipinski definition) is 0. The number of benzene rings is 1. The Morgan fingerprint density at radius 3 is 1.77 bits per heavy atom. The molecule has 0 aliphatic heterocycles. The Balaban J connectivity index is 2.97. The van der Waals surface area contributed by atoms with E-state index in [2.05, 4.69) is 6.58 Å². The number of esters is 2. The lowest BCUT2D eigenvalue weighted by atomic mass is 10.1. The van der Waals surface area contributed by atoms with Crippen LogP contribution in [0.3, 0.4) is 0 Å². The fraction of sp³-hybridized carbons (Fsp3) is 0.440. The van der Waals surface area contributed by atoms with Gasteiger partial charge in [0.25, 0.3) is 0 Å². The van der Waals surface area contributed by atoms with Gasteiger partial charge in [-0.05, 0) is 91.0 Å². The molecular formula is C25H34O6. The highest BCUT2D eigenvalue weighted by Crippen LogP contribution is 2.22. The normalized spacial score (nSPS) is 12.4. The van der Waals surface area contributed by atoms with E-state index in [0.717, 1.165) is 0 Å². The van der Waals surface area contributed by atoms with Crippen molar-refractivity contribution in [3.8, 4) is 5.75 Å². The van der Waals surface area contributed by atoms with E-state index in [1.54, 1.807) is 71.9 Å². The van der Waals surface area contributed by atoms with Crippen LogP contribution >= 0.6 is 0 Å². The summed E-state index contributed by atoms with van der Waals surface area (Å²) in [5.41, 5.74) is -0.909. The number of allylic oxidation sites excluding steroid dienone is 2. The van der Waals surface area contributed by atoms with E-state index in [9.17, 15) is 9.59 Å². The van der Waals surface area contributed by atoms with Gasteiger partial charge < -0.3 is 18.9 Å². The lowest BCUT2D eigenvalue weighted by Crippen LogP contribution is -2.25. The topological polar surface area (TPSA) is 71.1 Å². The molecule has 0 fully saturated rings. The highest BCUT2D eigenvalue weighted by atomic mass is 16.6. The molecule has 0 aromatic heterocycles. The van der Waals surface area contributed by atoms with Crippen LogP contribution in [0, 0.1) is 0 Å². The molecule has 0 radical (unpaired) electrons. The van der Waals surface area contributed by atoms with Crippen LogP contribution in [0.1, 0.15) is 69.2 Å². The molecule has 0 unspecified atom stereocenters. The van der Waals surface area contributed by atoms with Gasteiger partial charge in [0.15, 0.2) is 0 Å². The van der Waals surface area contributed by atoms with Crippen LogP contribution in [0.15, 0.2) is 54.8 Å². The van der Waals surface area contributed by atoms with Crippen molar-refractivity contribution >= 4 is 11.9 Å². The van der Waals surface area contributed by atoms with E-state index in [4.69, 9.17) is 18.9 Å². The second kappa shape index (κ2) is 11.4. The van der Waals surface area contributed by atoms with Gasteiger partial charge in [-0.15, -0.1) is 0 Å². The van der Waals surface area contributed by atoms with E-state index >= 15 is 0 Å². The van der Waals surface area contributed by atoms with Gasteiger partial charge in [-0.3, -0.25) is 0 Å². The zero-order chi connectivity index (χ0) is 23.7. The maximum atomic E-state index is 12.5. The molecule has 0 heterocycles. The monoisotopic (exact) mass is 430 g/mol. The predicted molar refractivity (Wildman–Crippen MR) is 121 cm³/mol. The van der Waals surface area contributed by atoms with Crippen molar-refractivity contribution in [2.24, 2.45) is 0 Å². The first-order chi connectivity index (χ1) is 14.3. The van der Waals surface area contributed by atoms with Gasteiger partial charge in [0.1, 0.15) is 35.9 Å². The lowest BCUT2D eigenvalue weighted by Gasteiger charge is -2.21. The first kappa shape index (κ1) is 26.0. The minimum Gasteiger partial charge on any atom is -0.490 e. The molecular weight excluding hydrogens is 396 g/mol. The third kappa shape index (κ3) is 10.5. The van der Waals surface area contributed by atoms with Crippen LogP contribution in [-0.2, 0) is 14.2 Å². The number of rotatable bonds is 9. The van der Waals surface area contributed by atoms with Crippen molar-refractivity contribution in [2.75, 3.05) is 13.2 Å². The van der Waals surface area contributed by atoms with Crippen molar-refractivity contribution in [3.05, 3.63) is 66.0 Å². The summed E-state index contributed by atoms with van der Waals surface area (Å²) in [4.78, 5) is 25.1. The molecule has 0 saturated carbocycles. The highest BCUT2D eigenvalue weighted by molar-refractivity contribution is 5.96. The summed E-state index contributed by atoms with van der Waals surface area (Å²) in [6, 6.07) is 4.54. The van der Waals surface area contributed by atoms with Gasteiger partial charge in [-0.25, -0.2) is 9.59 Å². The fourth-order valence-corrected chi connectivity index (χ4v) is 2.28. The van der Waals surface area contributed by atoms with Crippen molar-refractivity contribution in [1.29, 1.82) is 0 Å². The Hall–Kier alpha value is -3.02.